The molecule has 4 nitrogen and oxygen atoms in total. The number of nitrogens with one attached hydrogen (secondary N) is 1. The fraction of sp³-hybridized carbons (Fsp3) is 0.286. The van der Waals surface area contributed by atoms with Gasteiger partial charge in [0.15, 0.2) is 5.72 Å². The number of hydrogen-bond donors (Lipinski definition) is 1. The Morgan fingerprint density at radius 2 is 1.73 bits per heavy atom. The van der Waals surface area contributed by atoms with E-state index in [2.05, 4.69) is 5.32 Å². The Balaban J connectivity index is 1.84. The van der Waals surface area contributed by atoms with Gasteiger partial charge in [-0.2, -0.15) is 0 Å². The Morgan fingerprint density at radius 3 is 2.46 bits per heavy atom. The minimum Gasteiger partial charge on any atom is -0.467 e. The van der Waals surface area contributed by atoms with Gasteiger partial charge in [0, 0.05) is 22.5 Å². The molecule has 134 valence electrons. The molecule has 1 N–H and O–H groups in total. The van der Waals surface area contributed by atoms with Crippen LogP contribution in [0.4, 0.5) is 5.69 Å². The van der Waals surface area contributed by atoms with Crippen molar-refractivity contribution < 1.29 is 9.15 Å². The van der Waals surface area contributed by atoms with Gasteiger partial charge < -0.3 is 14.5 Å². The van der Waals surface area contributed by atoms with Crippen molar-refractivity contribution in [1.29, 1.82) is 0 Å². The molecule has 0 saturated heterocycles. The number of benzene rings is 2. The fourth-order valence-electron chi connectivity index (χ4n) is 3.91. The Labute approximate surface area is 156 Å². The SMILES string of the molecule is CC1(Nc2ccc(Cl)cc2)CC(C)(C)c2c(c3ccccc3oc2=O)O1. The first-order chi connectivity index (χ1) is 12.3. The highest BCUT2D eigenvalue weighted by Crippen LogP contribution is 2.46. The van der Waals surface area contributed by atoms with Crippen molar-refractivity contribution in [3.63, 3.8) is 0 Å². The van der Waals surface area contributed by atoms with Crippen molar-refractivity contribution in [2.45, 2.75) is 38.3 Å². The first-order valence-corrected chi connectivity index (χ1v) is 8.94. The van der Waals surface area contributed by atoms with Gasteiger partial charge in [0.1, 0.15) is 11.3 Å². The first-order valence-electron chi connectivity index (χ1n) is 8.57. The number of anilines is 1. The van der Waals surface area contributed by atoms with E-state index in [1.165, 1.54) is 0 Å². The molecule has 1 unspecified atom stereocenters. The molecule has 0 saturated carbocycles. The van der Waals surface area contributed by atoms with Crippen LogP contribution in [0.2, 0.25) is 5.02 Å². The molecule has 2 aromatic carbocycles. The summed E-state index contributed by atoms with van der Waals surface area (Å²) in [4.78, 5) is 12.6. The van der Waals surface area contributed by atoms with Gasteiger partial charge in [-0.1, -0.05) is 37.6 Å². The Kier molecular flexibility index (Phi) is 3.77. The van der Waals surface area contributed by atoms with Crippen LogP contribution in [0.15, 0.2) is 57.7 Å². The lowest BCUT2D eigenvalue weighted by molar-refractivity contribution is 0.0615. The summed E-state index contributed by atoms with van der Waals surface area (Å²) in [6.07, 6.45) is 0.610. The smallest absolute Gasteiger partial charge is 0.343 e. The highest BCUT2D eigenvalue weighted by molar-refractivity contribution is 6.30. The molecule has 0 radical (unpaired) electrons. The van der Waals surface area contributed by atoms with E-state index in [4.69, 9.17) is 20.8 Å². The number of hydrogen-bond acceptors (Lipinski definition) is 4. The molecule has 4 rings (SSSR count). The zero-order valence-electron chi connectivity index (χ0n) is 14.9. The van der Waals surface area contributed by atoms with E-state index in [9.17, 15) is 4.79 Å². The highest BCUT2D eigenvalue weighted by Gasteiger charge is 2.45. The second-order valence-corrected chi connectivity index (χ2v) is 8.05. The van der Waals surface area contributed by atoms with Gasteiger partial charge in [0.05, 0.1) is 10.9 Å². The van der Waals surface area contributed by atoms with E-state index in [0.29, 0.717) is 28.3 Å². The minimum absolute atomic E-state index is 0.336. The molecular formula is C21H20ClNO3. The molecule has 0 bridgehead atoms. The van der Waals surface area contributed by atoms with Crippen LogP contribution in [-0.2, 0) is 5.41 Å². The van der Waals surface area contributed by atoms with Crippen LogP contribution < -0.4 is 15.7 Å². The molecule has 1 aromatic heterocycles. The monoisotopic (exact) mass is 369 g/mol. The molecular weight excluding hydrogens is 350 g/mol. The van der Waals surface area contributed by atoms with Crippen LogP contribution >= 0.6 is 11.6 Å². The van der Waals surface area contributed by atoms with Crippen molar-refractivity contribution in [3.8, 4) is 5.75 Å². The molecule has 0 amide bonds. The average Bonchev–Trinajstić information content (AvgIpc) is 2.55. The maximum atomic E-state index is 12.6. The quantitative estimate of drug-likeness (QED) is 0.620. The van der Waals surface area contributed by atoms with Crippen LogP contribution in [-0.4, -0.2) is 5.72 Å². The molecule has 1 aliphatic heterocycles. The summed E-state index contributed by atoms with van der Waals surface area (Å²) in [5.74, 6) is 0.595. The lowest BCUT2D eigenvalue weighted by atomic mass is 9.76. The molecule has 26 heavy (non-hydrogen) atoms. The third kappa shape index (κ3) is 2.84. The zero-order valence-corrected chi connectivity index (χ0v) is 15.7. The summed E-state index contributed by atoms with van der Waals surface area (Å²) < 4.78 is 11.9. The lowest BCUT2D eigenvalue weighted by Crippen LogP contribution is -2.51. The highest BCUT2D eigenvalue weighted by atomic mass is 35.5. The van der Waals surface area contributed by atoms with Crippen molar-refractivity contribution in [2.24, 2.45) is 0 Å². The predicted molar refractivity (Wildman–Crippen MR) is 104 cm³/mol. The number of rotatable bonds is 2. The molecule has 1 atom stereocenters. The summed E-state index contributed by atoms with van der Waals surface area (Å²) in [6.45, 7) is 6.08. The zero-order chi connectivity index (χ0) is 18.5. The van der Waals surface area contributed by atoms with Crippen LogP contribution in [0.5, 0.6) is 5.75 Å². The maximum absolute atomic E-state index is 12.6. The molecule has 0 spiro atoms. The molecule has 0 fully saturated rings. The van der Waals surface area contributed by atoms with Crippen LogP contribution in [0, 0.1) is 0 Å². The normalized spacial score (nSPS) is 21.1. The fourth-order valence-corrected chi connectivity index (χ4v) is 4.04. The van der Waals surface area contributed by atoms with Crippen LogP contribution in [0.1, 0.15) is 32.8 Å². The summed E-state index contributed by atoms with van der Waals surface area (Å²) in [5.41, 5.74) is 0.600. The standard InChI is InChI=1S/C21H20ClNO3/c1-20(2)12-21(3,23-14-10-8-13(22)9-11-14)26-18-15-6-4-5-7-16(15)25-19(24)17(18)20/h4-11,23H,12H2,1-3H3. The van der Waals surface area contributed by atoms with Crippen molar-refractivity contribution in [3.05, 3.63) is 69.5 Å². The topological polar surface area (TPSA) is 51.5 Å². The second kappa shape index (κ2) is 5.78. The summed E-state index contributed by atoms with van der Waals surface area (Å²) >= 11 is 5.98. The minimum atomic E-state index is -0.680. The van der Waals surface area contributed by atoms with Crippen LogP contribution in [0.25, 0.3) is 11.0 Å². The molecule has 5 heteroatoms. The lowest BCUT2D eigenvalue weighted by Gasteiger charge is -2.44. The van der Waals surface area contributed by atoms with Crippen molar-refractivity contribution in [2.75, 3.05) is 5.32 Å². The van der Waals surface area contributed by atoms with E-state index in [1.807, 2.05) is 63.2 Å². The van der Waals surface area contributed by atoms with Gasteiger partial charge in [-0.3, -0.25) is 0 Å². The molecule has 2 heterocycles. The van der Waals surface area contributed by atoms with Gasteiger partial charge in [0.2, 0.25) is 0 Å². The summed E-state index contributed by atoms with van der Waals surface area (Å²) in [7, 11) is 0. The Morgan fingerprint density at radius 1 is 1.04 bits per heavy atom. The third-order valence-electron chi connectivity index (χ3n) is 4.80. The Bertz CT molecular complexity index is 1040. The maximum Gasteiger partial charge on any atom is 0.343 e. The number of para-hydroxylation sites is 1. The van der Waals surface area contributed by atoms with E-state index in [0.717, 1.165) is 11.1 Å². The average molecular weight is 370 g/mol. The second-order valence-electron chi connectivity index (χ2n) is 7.62. The van der Waals surface area contributed by atoms with Gasteiger partial charge >= 0.3 is 5.63 Å². The van der Waals surface area contributed by atoms with Crippen molar-refractivity contribution >= 4 is 28.3 Å². The van der Waals surface area contributed by atoms with Crippen molar-refractivity contribution in [1.82, 2.24) is 0 Å². The molecule has 3 aromatic rings. The third-order valence-corrected chi connectivity index (χ3v) is 5.05. The van der Waals surface area contributed by atoms with Gasteiger partial charge in [0.25, 0.3) is 0 Å². The van der Waals surface area contributed by atoms with Gasteiger partial charge in [-0.15, -0.1) is 0 Å². The molecule has 1 aliphatic rings. The number of ether oxygens (including phenoxy) is 1. The Hall–Kier alpha value is -2.46. The van der Waals surface area contributed by atoms with Gasteiger partial charge in [-0.05, 0) is 43.3 Å². The summed E-state index contributed by atoms with van der Waals surface area (Å²) in [5, 5.41) is 4.94. The van der Waals surface area contributed by atoms with E-state index < -0.39 is 11.1 Å². The summed E-state index contributed by atoms with van der Waals surface area (Å²) in [6, 6.07) is 15.0. The van der Waals surface area contributed by atoms with E-state index in [1.54, 1.807) is 6.07 Å². The predicted octanol–water partition coefficient (Wildman–Crippen LogP) is 5.33. The van der Waals surface area contributed by atoms with Gasteiger partial charge in [-0.25, -0.2) is 4.79 Å². The number of fused-ring (bicyclic) bond motifs is 3. The first kappa shape index (κ1) is 17.0. The van der Waals surface area contributed by atoms with E-state index >= 15 is 0 Å². The number of halogens is 1. The molecule has 0 aliphatic carbocycles. The van der Waals surface area contributed by atoms with E-state index in [-0.39, 0.29) is 5.63 Å². The largest absolute Gasteiger partial charge is 0.467 e. The van der Waals surface area contributed by atoms with Crippen LogP contribution in [0.3, 0.4) is 0 Å².